The first-order chi connectivity index (χ1) is 8.07. The van der Waals surface area contributed by atoms with Gasteiger partial charge in [-0.1, -0.05) is 20.3 Å². The van der Waals surface area contributed by atoms with Crippen molar-refractivity contribution in [2.45, 2.75) is 58.8 Å². The molecule has 1 aliphatic carbocycles. The molecular weight excluding hydrogens is 210 g/mol. The van der Waals surface area contributed by atoms with Crippen LogP contribution in [0.3, 0.4) is 0 Å². The summed E-state index contributed by atoms with van der Waals surface area (Å²) in [4.78, 5) is 14.4. The fraction of sp³-hybridized carbons (Fsp3) is 0.933. The molecule has 2 nitrogen and oxygen atoms in total. The summed E-state index contributed by atoms with van der Waals surface area (Å²) in [5, 5.41) is 0. The SMILES string of the molecule is CC1(C)CCCN(CC2CCCCC2=O)CC1. The Bertz CT molecular complexity index is 272. The van der Waals surface area contributed by atoms with Crippen molar-refractivity contribution in [3.8, 4) is 0 Å². The van der Waals surface area contributed by atoms with E-state index in [-0.39, 0.29) is 0 Å². The van der Waals surface area contributed by atoms with Gasteiger partial charge in [0.05, 0.1) is 0 Å². The highest BCUT2D eigenvalue weighted by atomic mass is 16.1. The Balaban J connectivity index is 1.84. The monoisotopic (exact) mass is 237 g/mol. The van der Waals surface area contributed by atoms with Crippen molar-refractivity contribution >= 4 is 5.78 Å². The van der Waals surface area contributed by atoms with Crippen molar-refractivity contribution in [1.82, 2.24) is 4.90 Å². The minimum absolute atomic E-state index is 0.352. The van der Waals surface area contributed by atoms with E-state index in [0.29, 0.717) is 17.1 Å². The van der Waals surface area contributed by atoms with E-state index in [1.165, 1.54) is 38.8 Å². The molecule has 1 unspecified atom stereocenters. The van der Waals surface area contributed by atoms with Gasteiger partial charge in [0.2, 0.25) is 0 Å². The summed E-state index contributed by atoms with van der Waals surface area (Å²) in [5.41, 5.74) is 0.505. The van der Waals surface area contributed by atoms with Crippen LogP contribution in [0.4, 0.5) is 0 Å². The molecule has 0 amide bonds. The van der Waals surface area contributed by atoms with Crippen LogP contribution >= 0.6 is 0 Å². The molecule has 0 aromatic carbocycles. The first kappa shape index (κ1) is 13.1. The van der Waals surface area contributed by atoms with Crippen LogP contribution in [0.15, 0.2) is 0 Å². The van der Waals surface area contributed by atoms with Crippen molar-refractivity contribution < 1.29 is 4.79 Å². The molecule has 2 fully saturated rings. The number of ketones is 1. The minimum atomic E-state index is 0.352. The van der Waals surface area contributed by atoms with E-state index in [4.69, 9.17) is 0 Å². The zero-order valence-electron chi connectivity index (χ0n) is 11.5. The van der Waals surface area contributed by atoms with Crippen molar-refractivity contribution in [1.29, 1.82) is 0 Å². The average Bonchev–Trinajstić information content (AvgIpc) is 2.44. The number of hydrogen-bond acceptors (Lipinski definition) is 2. The van der Waals surface area contributed by atoms with E-state index >= 15 is 0 Å². The van der Waals surface area contributed by atoms with Gasteiger partial charge < -0.3 is 4.90 Å². The van der Waals surface area contributed by atoms with Crippen molar-refractivity contribution in [3.63, 3.8) is 0 Å². The summed E-state index contributed by atoms with van der Waals surface area (Å²) in [5.74, 6) is 0.879. The first-order valence-electron chi connectivity index (χ1n) is 7.32. The normalized spacial score (nSPS) is 31.2. The maximum absolute atomic E-state index is 11.9. The largest absolute Gasteiger partial charge is 0.303 e. The first-order valence-corrected chi connectivity index (χ1v) is 7.32. The molecule has 0 spiro atoms. The molecule has 0 aromatic rings. The van der Waals surface area contributed by atoms with Gasteiger partial charge in [-0.3, -0.25) is 4.79 Å². The Hall–Kier alpha value is -0.370. The van der Waals surface area contributed by atoms with Gasteiger partial charge in [-0.25, -0.2) is 0 Å². The third-order valence-electron chi connectivity index (χ3n) is 4.59. The number of rotatable bonds is 2. The van der Waals surface area contributed by atoms with E-state index in [2.05, 4.69) is 18.7 Å². The van der Waals surface area contributed by atoms with Crippen molar-refractivity contribution in [3.05, 3.63) is 0 Å². The van der Waals surface area contributed by atoms with Gasteiger partial charge in [-0.15, -0.1) is 0 Å². The Kier molecular flexibility index (Phi) is 4.24. The second kappa shape index (κ2) is 5.51. The maximum Gasteiger partial charge on any atom is 0.137 e. The van der Waals surface area contributed by atoms with Crippen LogP contribution in [0.25, 0.3) is 0 Å². The van der Waals surface area contributed by atoms with Crippen LogP contribution in [0.2, 0.25) is 0 Å². The predicted octanol–water partition coefficient (Wildman–Crippen LogP) is 3.26. The summed E-state index contributed by atoms with van der Waals surface area (Å²) in [6.45, 7) is 8.18. The number of carbonyl (C=O) groups excluding carboxylic acids is 1. The van der Waals surface area contributed by atoms with Crippen molar-refractivity contribution in [2.24, 2.45) is 11.3 Å². The van der Waals surface area contributed by atoms with Crippen LogP contribution in [-0.4, -0.2) is 30.3 Å². The lowest BCUT2D eigenvalue weighted by atomic mass is 9.85. The molecule has 0 aromatic heterocycles. The highest BCUT2D eigenvalue weighted by Crippen LogP contribution is 2.30. The van der Waals surface area contributed by atoms with Gasteiger partial charge in [-0.2, -0.15) is 0 Å². The Morgan fingerprint density at radius 3 is 2.76 bits per heavy atom. The highest BCUT2D eigenvalue weighted by molar-refractivity contribution is 5.81. The smallest absolute Gasteiger partial charge is 0.137 e. The van der Waals surface area contributed by atoms with E-state index in [0.717, 1.165) is 25.8 Å². The molecule has 2 aliphatic rings. The lowest BCUT2D eigenvalue weighted by Gasteiger charge is -2.28. The van der Waals surface area contributed by atoms with Gasteiger partial charge in [0.25, 0.3) is 0 Å². The molecule has 1 saturated heterocycles. The summed E-state index contributed by atoms with van der Waals surface area (Å²) >= 11 is 0. The second-order valence-electron chi connectivity index (χ2n) is 6.73. The van der Waals surface area contributed by atoms with Crippen molar-refractivity contribution in [2.75, 3.05) is 19.6 Å². The number of carbonyl (C=O) groups is 1. The molecular formula is C15H27NO. The molecule has 1 heterocycles. The lowest BCUT2D eigenvalue weighted by molar-refractivity contribution is -0.125. The third-order valence-corrected chi connectivity index (χ3v) is 4.59. The van der Waals surface area contributed by atoms with Gasteiger partial charge >= 0.3 is 0 Å². The minimum Gasteiger partial charge on any atom is -0.303 e. The molecule has 2 rings (SSSR count). The van der Waals surface area contributed by atoms with E-state index in [1.54, 1.807) is 0 Å². The van der Waals surface area contributed by atoms with E-state index in [1.807, 2.05) is 0 Å². The maximum atomic E-state index is 11.9. The molecule has 0 bridgehead atoms. The molecule has 1 saturated carbocycles. The average molecular weight is 237 g/mol. The lowest BCUT2D eigenvalue weighted by Crippen LogP contribution is -2.35. The van der Waals surface area contributed by atoms with Gasteiger partial charge in [-0.05, 0) is 50.6 Å². The van der Waals surface area contributed by atoms with Crippen LogP contribution < -0.4 is 0 Å². The van der Waals surface area contributed by atoms with Gasteiger partial charge in [0.15, 0.2) is 0 Å². The number of nitrogens with zero attached hydrogens (tertiary/aromatic N) is 1. The highest BCUT2D eigenvalue weighted by Gasteiger charge is 2.27. The molecule has 0 radical (unpaired) electrons. The summed E-state index contributed by atoms with van der Waals surface area (Å²) in [7, 11) is 0. The molecule has 17 heavy (non-hydrogen) atoms. The van der Waals surface area contributed by atoms with Crippen LogP contribution in [0, 0.1) is 11.3 Å². The Morgan fingerprint density at radius 2 is 2.00 bits per heavy atom. The molecule has 1 aliphatic heterocycles. The fourth-order valence-corrected chi connectivity index (χ4v) is 3.22. The quantitative estimate of drug-likeness (QED) is 0.734. The predicted molar refractivity (Wildman–Crippen MR) is 71.0 cm³/mol. The van der Waals surface area contributed by atoms with E-state index < -0.39 is 0 Å². The van der Waals surface area contributed by atoms with Crippen LogP contribution in [0.1, 0.15) is 58.8 Å². The second-order valence-corrected chi connectivity index (χ2v) is 6.73. The number of Topliss-reactive ketones (excluding diaryl/α,β-unsaturated/α-hetero) is 1. The number of hydrogen-bond donors (Lipinski definition) is 0. The fourth-order valence-electron chi connectivity index (χ4n) is 3.22. The topological polar surface area (TPSA) is 20.3 Å². The molecule has 1 atom stereocenters. The standard InChI is InChI=1S/C15H27NO/c1-15(2)8-5-10-16(11-9-15)12-13-6-3-4-7-14(13)17/h13H,3-12H2,1-2H3. The molecule has 0 N–H and O–H groups in total. The van der Waals surface area contributed by atoms with Crippen LogP contribution in [-0.2, 0) is 4.79 Å². The number of likely N-dealkylation sites (tertiary alicyclic amines) is 1. The van der Waals surface area contributed by atoms with Crippen LogP contribution in [0.5, 0.6) is 0 Å². The zero-order valence-corrected chi connectivity index (χ0v) is 11.5. The zero-order chi connectivity index (χ0) is 12.3. The summed E-state index contributed by atoms with van der Waals surface area (Å²) in [6.07, 6.45) is 8.28. The van der Waals surface area contributed by atoms with Gasteiger partial charge in [0.1, 0.15) is 5.78 Å². The molecule has 2 heteroatoms. The Labute approximate surface area is 106 Å². The summed E-state index contributed by atoms with van der Waals surface area (Å²) in [6, 6.07) is 0. The van der Waals surface area contributed by atoms with Gasteiger partial charge in [0, 0.05) is 18.9 Å². The third kappa shape index (κ3) is 3.80. The summed E-state index contributed by atoms with van der Waals surface area (Å²) < 4.78 is 0. The Morgan fingerprint density at radius 1 is 1.18 bits per heavy atom. The molecule has 98 valence electrons. The van der Waals surface area contributed by atoms with E-state index in [9.17, 15) is 4.79 Å².